The Morgan fingerprint density at radius 3 is 2.35 bits per heavy atom. The van der Waals surface area contributed by atoms with E-state index < -0.39 is 0 Å². The maximum atomic E-state index is 12.0. The molecule has 1 heterocycles. The van der Waals surface area contributed by atoms with Crippen LogP contribution in [0.25, 0.3) is 0 Å². The number of hydrogen-bond acceptors (Lipinski definition) is 4. The number of amides is 2. The second kappa shape index (κ2) is 9.80. The highest BCUT2D eigenvalue weighted by atomic mass is 35.5. The Hall–Kier alpha value is -1.24. The minimum atomic E-state index is -0.0553. The summed E-state index contributed by atoms with van der Waals surface area (Å²) in [6.07, 6.45) is 0.485. The lowest BCUT2D eigenvalue weighted by Crippen LogP contribution is -2.39. The Balaban J connectivity index is 0.00000264. The number of rotatable bonds is 5. The molecule has 128 valence electrons. The van der Waals surface area contributed by atoms with E-state index in [2.05, 4.69) is 16.0 Å². The number of carbonyl (C=O) groups excluding carboxylic acids is 2. The van der Waals surface area contributed by atoms with Gasteiger partial charge in [0, 0.05) is 47.8 Å². The molecule has 5 nitrogen and oxygen atoms in total. The number of nitrogens with one attached hydrogen (secondary N) is 3. The van der Waals surface area contributed by atoms with E-state index in [0.717, 1.165) is 29.4 Å². The highest BCUT2D eigenvalue weighted by Crippen LogP contribution is 2.16. The molecule has 1 aliphatic heterocycles. The number of benzene rings is 1. The third kappa shape index (κ3) is 6.81. The van der Waals surface area contributed by atoms with E-state index in [-0.39, 0.29) is 36.2 Å². The monoisotopic (exact) mass is 357 g/mol. The van der Waals surface area contributed by atoms with Crippen molar-refractivity contribution in [3.8, 4) is 0 Å². The summed E-state index contributed by atoms with van der Waals surface area (Å²) in [5.41, 5.74) is 1.48. The third-order valence-corrected chi connectivity index (χ3v) is 4.52. The predicted molar refractivity (Wildman–Crippen MR) is 99.5 cm³/mol. The summed E-state index contributed by atoms with van der Waals surface area (Å²) in [7, 11) is 0. The van der Waals surface area contributed by atoms with Crippen LogP contribution < -0.4 is 16.0 Å². The second-order valence-electron chi connectivity index (χ2n) is 5.70. The number of hydrogen-bond donors (Lipinski definition) is 3. The Morgan fingerprint density at radius 1 is 1.22 bits per heavy atom. The molecule has 23 heavy (non-hydrogen) atoms. The van der Waals surface area contributed by atoms with Crippen LogP contribution in [0, 0.1) is 5.92 Å². The van der Waals surface area contributed by atoms with Crippen LogP contribution in [-0.2, 0) is 9.59 Å². The average molecular weight is 358 g/mol. The van der Waals surface area contributed by atoms with E-state index in [1.54, 1.807) is 24.3 Å². The summed E-state index contributed by atoms with van der Waals surface area (Å²) < 4.78 is 0. The fourth-order valence-electron chi connectivity index (χ4n) is 2.11. The van der Waals surface area contributed by atoms with Gasteiger partial charge in [-0.3, -0.25) is 9.59 Å². The molecule has 0 radical (unpaired) electrons. The van der Waals surface area contributed by atoms with Crippen LogP contribution in [0.15, 0.2) is 24.3 Å². The topological polar surface area (TPSA) is 70.2 Å². The maximum absolute atomic E-state index is 12.0. The molecule has 1 aromatic rings. The number of halogens is 1. The fourth-order valence-corrected chi connectivity index (χ4v) is 3.06. The fraction of sp³-hybridized carbons (Fsp3) is 0.500. The van der Waals surface area contributed by atoms with Gasteiger partial charge in [0.05, 0.1) is 0 Å². The van der Waals surface area contributed by atoms with Gasteiger partial charge in [-0.2, -0.15) is 11.8 Å². The van der Waals surface area contributed by atoms with E-state index in [1.165, 1.54) is 0 Å². The Morgan fingerprint density at radius 2 is 1.83 bits per heavy atom. The van der Waals surface area contributed by atoms with E-state index in [0.29, 0.717) is 6.42 Å². The van der Waals surface area contributed by atoms with Crippen LogP contribution in [0.3, 0.4) is 0 Å². The van der Waals surface area contributed by atoms with Crippen molar-refractivity contribution in [1.82, 2.24) is 5.32 Å². The normalized spacial score (nSPS) is 17.3. The van der Waals surface area contributed by atoms with E-state index in [4.69, 9.17) is 0 Å². The molecule has 1 atom stereocenters. The summed E-state index contributed by atoms with van der Waals surface area (Å²) in [4.78, 5) is 23.6. The van der Waals surface area contributed by atoms with Gasteiger partial charge in [0.25, 0.3) is 0 Å². The molecule has 3 N–H and O–H groups in total. The van der Waals surface area contributed by atoms with Gasteiger partial charge in [0.15, 0.2) is 0 Å². The highest BCUT2D eigenvalue weighted by Gasteiger charge is 2.16. The number of carbonyl (C=O) groups is 2. The number of thioether (sulfide) groups is 1. The summed E-state index contributed by atoms with van der Waals surface area (Å²) >= 11 is 1.88. The van der Waals surface area contributed by atoms with Gasteiger partial charge in [-0.15, -0.1) is 12.4 Å². The van der Waals surface area contributed by atoms with Gasteiger partial charge < -0.3 is 16.0 Å². The smallest absolute Gasteiger partial charge is 0.226 e. The van der Waals surface area contributed by atoms with Crippen LogP contribution in [0.1, 0.15) is 20.3 Å². The lowest BCUT2D eigenvalue weighted by atomic mass is 10.2. The molecule has 1 aliphatic rings. The molecule has 1 aromatic carbocycles. The van der Waals surface area contributed by atoms with Crippen LogP contribution in [-0.4, -0.2) is 35.9 Å². The van der Waals surface area contributed by atoms with Crippen molar-refractivity contribution < 1.29 is 9.59 Å². The summed E-state index contributed by atoms with van der Waals surface area (Å²) in [5.74, 6) is 2.03. The Labute approximate surface area is 147 Å². The zero-order valence-corrected chi connectivity index (χ0v) is 15.1. The van der Waals surface area contributed by atoms with Crippen LogP contribution in [0.2, 0.25) is 0 Å². The predicted octanol–water partition coefficient (Wildman–Crippen LogP) is 2.74. The van der Waals surface area contributed by atoms with Gasteiger partial charge >= 0.3 is 0 Å². The molecule has 0 aromatic heterocycles. The first kappa shape index (κ1) is 19.8. The molecule has 0 aliphatic carbocycles. The minimum absolute atomic E-state index is 0. The van der Waals surface area contributed by atoms with Crippen LogP contribution in [0.4, 0.5) is 11.4 Å². The molecule has 2 rings (SSSR count). The first-order valence-corrected chi connectivity index (χ1v) is 8.72. The SMILES string of the molecule is CC(C)C(=O)Nc1ccc(NC(=O)CC2CSCCN2)cc1.Cl. The second-order valence-corrected chi connectivity index (χ2v) is 6.85. The molecule has 7 heteroatoms. The zero-order chi connectivity index (χ0) is 15.9. The van der Waals surface area contributed by atoms with Crippen molar-refractivity contribution in [2.75, 3.05) is 28.7 Å². The Bertz CT molecular complexity index is 517. The maximum Gasteiger partial charge on any atom is 0.226 e. The summed E-state index contributed by atoms with van der Waals surface area (Å²) in [5, 5.41) is 9.06. The lowest BCUT2D eigenvalue weighted by molar-refractivity contribution is -0.119. The van der Waals surface area contributed by atoms with Gasteiger partial charge in [-0.25, -0.2) is 0 Å². The van der Waals surface area contributed by atoms with Crippen LogP contribution >= 0.6 is 24.2 Å². The van der Waals surface area contributed by atoms with E-state index in [1.807, 2.05) is 25.6 Å². The van der Waals surface area contributed by atoms with Gasteiger partial charge in [0.2, 0.25) is 11.8 Å². The molecule has 1 saturated heterocycles. The largest absolute Gasteiger partial charge is 0.326 e. The third-order valence-electron chi connectivity index (χ3n) is 3.39. The lowest BCUT2D eigenvalue weighted by Gasteiger charge is -2.22. The van der Waals surface area contributed by atoms with Gasteiger partial charge in [-0.1, -0.05) is 13.8 Å². The van der Waals surface area contributed by atoms with Crippen molar-refractivity contribution in [3.63, 3.8) is 0 Å². The van der Waals surface area contributed by atoms with Gasteiger partial charge in [0.1, 0.15) is 0 Å². The van der Waals surface area contributed by atoms with E-state index >= 15 is 0 Å². The van der Waals surface area contributed by atoms with E-state index in [9.17, 15) is 9.59 Å². The average Bonchev–Trinajstić information content (AvgIpc) is 2.50. The molecular formula is C16H24ClN3O2S. The first-order chi connectivity index (χ1) is 10.5. The van der Waals surface area contributed by atoms with Gasteiger partial charge in [-0.05, 0) is 24.3 Å². The van der Waals surface area contributed by atoms with Crippen molar-refractivity contribution in [3.05, 3.63) is 24.3 Å². The molecule has 0 spiro atoms. The quantitative estimate of drug-likeness (QED) is 0.757. The molecule has 1 unspecified atom stereocenters. The molecular weight excluding hydrogens is 334 g/mol. The van der Waals surface area contributed by atoms with Crippen molar-refractivity contribution in [2.45, 2.75) is 26.3 Å². The zero-order valence-electron chi connectivity index (χ0n) is 13.4. The highest BCUT2D eigenvalue weighted by molar-refractivity contribution is 7.99. The molecule has 1 fully saturated rings. The Kier molecular flexibility index (Phi) is 8.44. The minimum Gasteiger partial charge on any atom is -0.326 e. The molecule has 0 bridgehead atoms. The first-order valence-electron chi connectivity index (χ1n) is 7.56. The van der Waals surface area contributed by atoms with Crippen molar-refractivity contribution in [2.24, 2.45) is 5.92 Å². The molecule has 2 amide bonds. The van der Waals surface area contributed by atoms with Crippen molar-refractivity contribution >= 4 is 47.4 Å². The van der Waals surface area contributed by atoms with Crippen LogP contribution in [0.5, 0.6) is 0 Å². The standard InChI is InChI=1S/C16H23N3O2S.ClH/c1-11(2)16(21)19-13-5-3-12(4-6-13)18-15(20)9-14-10-22-8-7-17-14;/h3-6,11,14,17H,7-10H2,1-2H3,(H,18,20)(H,19,21);1H. The summed E-state index contributed by atoms with van der Waals surface area (Å²) in [6, 6.07) is 7.45. The molecule has 0 saturated carbocycles. The van der Waals surface area contributed by atoms with Crippen molar-refractivity contribution in [1.29, 1.82) is 0 Å². The number of anilines is 2. The summed E-state index contributed by atoms with van der Waals surface area (Å²) in [6.45, 7) is 4.66.